The van der Waals surface area contributed by atoms with Gasteiger partial charge in [0.15, 0.2) is 0 Å². The molecule has 0 aromatic heterocycles. The van der Waals surface area contributed by atoms with Gasteiger partial charge >= 0.3 is 16.3 Å². The van der Waals surface area contributed by atoms with Gasteiger partial charge in [0.25, 0.3) is 0 Å². The number of nitrogens with one attached hydrogen (secondary N) is 1. The highest BCUT2D eigenvalue weighted by Crippen LogP contribution is 2.16. The largest absolute Gasteiger partial charge is 0.447 e. The highest BCUT2D eigenvalue weighted by molar-refractivity contribution is 7.90. The molecular formula is C11H14N2O4S. The molecule has 0 spiro atoms. The summed E-state index contributed by atoms with van der Waals surface area (Å²) in [5, 5.41) is 0. The first-order valence-electron chi connectivity index (χ1n) is 5.59. The molecule has 0 unspecified atom stereocenters. The van der Waals surface area contributed by atoms with Crippen LogP contribution in [-0.4, -0.2) is 32.0 Å². The number of carbonyl (C=O) groups is 1. The molecule has 1 amide bonds. The van der Waals surface area contributed by atoms with Gasteiger partial charge in [-0.3, -0.25) is 4.72 Å². The van der Waals surface area contributed by atoms with Crippen molar-refractivity contribution in [1.82, 2.24) is 4.31 Å². The number of carbonyl (C=O) groups excluding carboxylic acids is 1. The van der Waals surface area contributed by atoms with Gasteiger partial charge in [-0.05, 0) is 24.1 Å². The lowest BCUT2D eigenvalue weighted by molar-refractivity contribution is 0.170. The van der Waals surface area contributed by atoms with Crippen LogP contribution in [0.4, 0.5) is 10.5 Å². The van der Waals surface area contributed by atoms with Gasteiger partial charge in [0.05, 0.1) is 12.2 Å². The predicted molar refractivity (Wildman–Crippen MR) is 66.4 cm³/mol. The van der Waals surface area contributed by atoms with Crippen LogP contribution in [0.5, 0.6) is 0 Å². The maximum atomic E-state index is 11.9. The number of aryl methyl sites for hydroxylation is 1. The number of hydrogen-bond acceptors (Lipinski definition) is 4. The lowest BCUT2D eigenvalue weighted by Gasteiger charge is -2.15. The van der Waals surface area contributed by atoms with Crippen molar-refractivity contribution in [3.63, 3.8) is 0 Å². The summed E-state index contributed by atoms with van der Waals surface area (Å²) in [6.45, 7) is 2.11. The fraction of sp³-hybridized carbons (Fsp3) is 0.364. The van der Waals surface area contributed by atoms with E-state index < -0.39 is 16.3 Å². The molecule has 98 valence electrons. The van der Waals surface area contributed by atoms with Crippen LogP contribution in [0.3, 0.4) is 0 Å². The molecule has 7 heteroatoms. The lowest BCUT2D eigenvalue weighted by atomic mass is 10.1. The number of cyclic esters (lactones) is 1. The van der Waals surface area contributed by atoms with E-state index in [1.54, 1.807) is 18.2 Å². The number of rotatable bonds is 4. The van der Waals surface area contributed by atoms with E-state index in [1.165, 1.54) is 0 Å². The van der Waals surface area contributed by atoms with Crippen LogP contribution < -0.4 is 4.72 Å². The summed E-state index contributed by atoms with van der Waals surface area (Å²) in [5.74, 6) is 0. The molecule has 1 heterocycles. The summed E-state index contributed by atoms with van der Waals surface area (Å²) in [4.78, 5) is 11.2. The third-order valence-corrected chi connectivity index (χ3v) is 4.00. The van der Waals surface area contributed by atoms with Crippen molar-refractivity contribution in [3.8, 4) is 0 Å². The highest BCUT2D eigenvalue weighted by atomic mass is 32.2. The van der Waals surface area contributed by atoms with Crippen LogP contribution in [0.1, 0.15) is 12.5 Å². The zero-order valence-electron chi connectivity index (χ0n) is 9.92. The minimum Gasteiger partial charge on any atom is -0.447 e. The van der Waals surface area contributed by atoms with E-state index in [0.29, 0.717) is 9.99 Å². The summed E-state index contributed by atoms with van der Waals surface area (Å²) >= 11 is 0. The van der Waals surface area contributed by atoms with Gasteiger partial charge in [-0.1, -0.05) is 19.1 Å². The standard InChI is InChI=1S/C11H14N2O4S/c1-2-9-4-3-5-10(8-9)12-18(15,16)13-6-7-17-11(13)14/h3-5,8,12H,2,6-7H2,1H3. The van der Waals surface area contributed by atoms with E-state index >= 15 is 0 Å². The molecule has 1 saturated heterocycles. The minimum absolute atomic E-state index is 0.0433. The second-order valence-electron chi connectivity index (χ2n) is 3.85. The maximum absolute atomic E-state index is 11.9. The topological polar surface area (TPSA) is 75.7 Å². The van der Waals surface area contributed by atoms with E-state index in [0.717, 1.165) is 12.0 Å². The Morgan fingerprint density at radius 1 is 1.44 bits per heavy atom. The first-order valence-corrected chi connectivity index (χ1v) is 7.03. The van der Waals surface area contributed by atoms with Crippen molar-refractivity contribution >= 4 is 22.0 Å². The monoisotopic (exact) mass is 270 g/mol. The second kappa shape index (κ2) is 4.85. The molecular weight excluding hydrogens is 256 g/mol. The Morgan fingerprint density at radius 3 is 2.83 bits per heavy atom. The van der Waals surface area contributed by atoms with E-state index in [2.05, 4.69) is 9.46 Å². The highest BCUT2D eigenvalue weighted by Gasteiger charge is 2.33. The van der Waals surface area contributed by atoms with Crippen LogP contribution in [0.2, 0.25) is 0 Å². The average Bonchev–Trinajstić information content (AvgIpc) is 2.76. The Bertz CT molecular complexity index is 556. The van der Waals surface area contributed by atoms with Crippen LogP contribution in [0.25, 0.3) is 0 Å². The third kappa shape index (κ3) is 2.56. The van der Waals surface area contributed by atoms with Gasteiger partial charge in [0.2, 0.25) is 0 Å². The SMILES string of the molecule is CCc1cccc(NS(=O)(=O)N2CCOC2=O)c1. The molecule has 1 aliphatic heterocycles. The van der Waals surface area contributed by atoms with Crippen LogP contribution in [-0.2, 0) is 21.4 Å². The maximum Gasteiger partial charge on any atom is 0.425 e. The molecule has 1 aromatic rings. The van der Waals surface area contributed by atoms with Crippen LogP contribution in [0.15, 0.2) is 24.3 Å². The van der Waals surface area contributed by atoms with Gasteiger partial charge < -0.3 is 4.74 Å². The van der Waals surface area contributed by atoms with Gasteiger partial charge in [-0.25, -0.2) is 4.79 Å². The van der Waals surface area contributed by atoms with Crippen LogP contribution >= 0.6 is 0 Å². The summed E-state index contributed by atoms with van der Waals surface area (Å²) in [6, 6.07) is 7.04. The van der Waals surface area contributed by atoms with E-state index in [4.69, 9.17) is 0 Å². The molecule has 6 nitrogen and oxygen atoms in total. The summed E-state index contributed by atoms with van der Waals surface area (Å²) in [7, 11) is -3.88. The molecule has 1 N–H and O–H groups in total. The zero-order chi connectivity index (χ0) is 13.2. The minimum atomic E-state index is -3.88. The lowest BCUT2D eigenvalue weighted by Crippen LogP contribution is -2.36. The van der Waals surface area contributed by atoms with Crippen molar-refractivity contribution in [2.45, 2.75) is 13.3 Å². The van der Waals surface area contributed by atoms with Crippen molar-refractivity contribution in [2.24, 2.45) is 0 Å². The Hall–Kier alpha value is -1.76. The van der Waals surface area contributed by atoms with Gasteiger partial charge in [0.1, 0.15) is 6.61 Å². The number of amides is 1. The number of nitrogens with zero attached hydrogens (tertiary/aromatic N) is 1. The van der Waals surface area contributed by atoms with Crippen molar-refractivity contribution in [2.75, 3.05) is 17.9 Å². The molecule has 1 aromatic carbocycles. The van der Waals surface area contributed by atoms with Gasteiger partial charge in [-0.2, -0.15) is 12.7 Å². The molecule has 1 aliphatic rings. The summed E-state index contributed by atoms with van der Waals surface area (Å²) < 4.78 is 31.5. The van der Waals surface area contributed by atoms with Gasteiger partial charge in [-0.15, -0.1) is 0 Å². The molecule has 0 aliphatic carbocycles. The van der Waals surface area contributed by atoms with E-state index in [-0.39, 0.29) is 13.2 Å². The average molecular weight is 270 g/mol. The molecule has 2 rings (SSSR count). The van der Waals surface area contributed by atoms with Crippen molar-refractivity contribution in [1.29, 1.82) is 0 Å². The second-order valence-corrected chi connectivity index (χ2v) is 5.44. The predicted octanol–water partition coefficient (Wildman–Crippen LogP) is 1.36. The number of benzene rings is 1. The molecule has 0 bridgehead atoms. The van der Waals surface area contributed by atoms with Gasteiger partial charge in [0, 0.05) is 0 Å². The molecule has 0 radical (unpaired) electrons. The quantitative estimate of drug-likeness (QED) is 0.896. The first kappa shape index (κ1) is 12.7. The van der Waals surface area contributed by atoms with Crippen LogP contribution in [0, 0.1) is 0 Å². The number of hydrogen-bond donors (Lipinski definition) is 1. The number of ether oxygens (including phenoxy) is 1. The normalized spacial score (nSPS) is 15.6. The fourth-order valence-electron chi connectivity index (χ4n) is 1.66. The Kier molecular flexibility index (Phi) is 3.42. The molecule has 18 heavy (non-hydrogen) atoms. The smallest absolute Gasteiger partial charge is 0.425 e. The van der Waals surface area contributed by atoms with Crippen molar-refractivity contribution in [3.05, 3.63) is 29.8 Å². The van der Waals surface area contributed by atoms with E-state index in [9.17, 15) is 13.2 Å². The summed E-state index contributed by atoms with van der Waals surface area (Å²) in [5.41, 5.74) is 1.45. The van der Waals surface area contributed by atoms with E-state index in [1.807, 2.05) is 13.0 Å². The molecule has 1 fully saturated rings. The fourth-order valence-corrected chi connectivity index (χ4v) is 2.76. The van der Waals surface area contributed by atoms with Crippen molar-refractivity contribution < 1.29 is 17.9 Å². The molecule has 0 atom stereocenters. The zero-order valence-corrected chi connectivity index (χ0v) is 10.7. The summed E-state index contributed by atoms with van der Waals surface area (Å²) in [6.07, 6.45) is -0.0319. The first-order chi connectivity index (χ1) is 8.53. The Labute approximate surface area is 106 Å². The number of anilines is 1. The Morgan fingerprint density at radius 2 is 2.22 bits per heavy atom. The molecule has 0 saturated carbocycles. The Balaban J connectivity index is 2.19. The third-order valence-electron chi connectivity index (χ3n) is 2.60.